The van der Waals surface area contributed by atoms with Gasteiger partial charge in [-0.2, -0.15) is 0 Å². The largest absolute Gasteiger partial charge is 0.457 e. The lowest BCUT2D eigenvalue weighted by Gasteiger charge is -2.35. The van der Waals surface area contributed by atoms with Gasteiger partial charge in [0.15, 0.2) is 0 Å². The summed E-state index contributed by atoms with van der Waals surface area (Å²) in [6, 6.07) is 129. The molecule has 22 rings (SSSR count). The second kappa shape index (κ2) is 24.3. The monoisotopic (exact) mass is 1400 g/mol. The number of aryl methyl sites for hydroxylation is 4. The quantitative estimate of drug-likeness (QED) is 0.108. The highest BCUT2D eigenvalue weighted by atomic mass is 19.1. The van der Waals surface area contributed by atoms with E-state index < -0.39 is 16.2 Å². The molecule has 0 N–H and O–H groups in total. The molecule has 2 unspecified atom stereocenters. The van der Waals surface area contributed by atoms with Crippen LogP contribution in [0.1, 0.15) is 89.0 Å². The third-order valence-electron chi connectivity index (χ3n) is 24.5. The van der Waals surface area contributed by atoms with Gasteiger partial charge in [0.2, 0.25) is 0 Å². The number of para-hydroxylation sites is 2. The minimum atomic E-state index is -0.861. The maximum atomic E-state index is 15.4. The Morgan fingerprint density at radius 3 is 0.780 bits per heavy atom. The number of anilines is 6. The Morgan fingerprint density at radius 1 is 0.202 bits per heavy atom. The van der Waals surface area contributed by atoms with Crippen LogP contribution in [0.3, 0.4) is 0 Å². The zero-order valence-corrected chi connectivity index (χ0v) is 59.4. The highest BCUT2D eigenvalue weighted by molar-refractivity contribution is 5.99. The molecule has 16 aromatic rings. The van der Waals surface area contributed by atoms with Gasteiger partial charge in [0.1, 0.15) is 34.6 Å². The molecule has 0 aromatic heterocycles. The zero-order valence-electron chi connectivity index (χ0n) is 59.4. The minimum Gasteiger partial charge on any atom is -0.457 e. The van der Waals surface area contributed by atoms with E-state index in [9.17, 15) is 0 Å². The normalized spacial score (nSPS) is 17.0. The lowest BCUT2D eigenvalue weighted by atomic mass is 9.67. The lowest BCUT2D eigenvalue weighted by molar-refractivity contribution is 0.480. The van der Waals surface area contributed by atoms with Crippen molar-refractivity contribution in [2.75, 3.05) is 9.80 Å². The molecular weight excluding hydrogens is 1340 g/mol. The molecule has 0 bridgehead atoms. The van der Waals surface area contributed by atoms with Crippen LogP contribution < -0.4 is 19.3 Å². The van der Waals surface area contributed by atoms with Crippen molar-refractivity contribution in [3.05, 3.63) is 465 Å². The second-order valence-electron chi connectivity index (χ2n) is 29.8. The van der Waals surface area contributed by atoms with Crippen LogP contribution in [0.2, 0.25) is 0 Å². The highest BCUT2D eigenvalue weighted by Crippen LogP contribution is 2.66. The van der Waals surface area contributed by atoms with Crippen molar-refractivity contribution in [1.29, 1.82) is 0 Å². The Balaban J connectivity index is 0.710. The molecule has 6 heteroatoms. The summed E-state index contributed by atoms with van der Waals surface area (Å²) in [4.78, 5) is 4.84. The van der Waals surface area contributed by atoms with Gasteiger partial charge in [-0.25, -0.2) is 8.78 Å². The van der Waals surface area contributed by atoms with Gasteiger partial charge in [-0.05, 0) is 305 Å². The SMILES string of the molecule is Fc1ccc(C2(c3ccc(Oc4ccc5c(c4)CC5)cc3)c3ccccc3-c3ccc(N(c4ccccc4)c4ccc5c(c4)C4(c6ccccc6-5)c5ccccc5-c5ccc(N(c6ccccc6)c6ccc7c(c6)C(c6ccc(F)cc6)(c6ccc(Oc8ccc9c(c8)CC9)cc6)c6ccccc6-7)cc54)cc32)cc1. The average molecular weight is 1400 g/mol. The molecule has 109 heavy (non-hydrogen) atoms. The van der Waals surface area contributed by atoms with Crippen molar-refractivity contribution in [3.8, 4) is 67.5 Å². The molecule has 0 aliphatic heterocycles. The summed E-state index contributed by atoms with van der Waals surface area (Å²) in [5.74, 6) is 2.58. The Morgan fingerprint density at radius 2 is 0.468 bits per heavy atom. The summed E-state index contributed by atoms with van der Waals surface area (Å²) in [5, 5.41) is 0. The van der Waals surface area contributed by atoms with E-state index in [1.165, 1.54) is 66.8 Å². The molecule has 0 radical (unpaired) electrons. The first-order chi connectivity index (χ1) is 53.8. The number of hydrogen-bond donors (Lipinski definition) is 0. The zero-order chi connectivity index (χ0) is 72.1. The van der Waals surface area contributed by atoms with Gasteiger partial charge in [0.25, 0.3) is 0 Å². The van der Waals surface area contributed by atoms with Gasteiger partial charge >= 0.3 is 0 Å². The standard InChI is InChI=1S/C103H68F2N2O2/c104-73-41-33-69(34-42-73)101(71-37-51-81(52-38-71)108-83-49-31-65-27-29-67(65)59-83)93-23-11-7-19-85(93)89-55-45-77(61-97(89)101)106(75-15-3-1-4-16-75)79-47-57-91-87-21-9-13-25-95(87)103(99(91)63-79)96-26-14-10-22-88(96)92-58-48-80(64-100(92)103)107(76-17-5-2-6-18-76)78-46-56-90-86-20-8-12-24-94(86)102(98(90)62-78,70-35-43-74(105)44-36-70)72-39-53-82(54-40-72)109-84-50-32-66-28-30-68(66)60-84/h1-26,31-64H,27-30H2. The van der Waals surface area contributed by atoms with E-state index in [2.05, 4.69) is 325 Å². The molecule has 16 aromatic carbocycles. The minimum absolute atomic E-state index is 0.289. The van der Waals surface area contributed by atoms with E-state index in [1.54, 1.807) is 24.3 Å². The second-order valence-corrected chi connectivity index (χ2v) is 29.8. The molecule has 0 fully saturated rings. The summed E-state index contributed by atoms with van der Waals surface area (Å²) in [5.41, 5.74) is 31.4. The van der Waals surface area contributed by atoms with Crippen LogP contribution in [0.4, 0.5) is 42.9 Å². The fourth-order valence-corrected chi connectivity index (χ4v) is 19.5. The number of fused-ring (bicyclic) bond motifs is 18. The summed E-state index contributed by atoms with van der Waals surface area (Å²) in [6.45, 7) is 0. The van der Waals surface area contributed by atoms with Crippen molar-refractivity contribution < 1.29 is 18.3 Å². The number of nitrogens with zero attached hydrogens (tertiary/aromatic N) is 2. The molecule has 0 saturated carbocycles. The van der Waals surface area contributed by atoms with E-state index in [-0.39, 0.29) is 11.6 Å². The van der Waals surface area contributed by atoms with Crippen molar-refractivity contribution in [2.45, 2.75) is 41.9 Å². The number of rotatable bonds is 14. The highest BCUT2D eigenvalue weighted by Gasteiger charge is 2.53. The van der Waals surface area contributed by atoms with Crippen LogP contribution in [0.5, 0.6) is 23.0 Å². The number of ether oxygens (including phenoxy) is 2. The molecule has 0 heterocycles. The molecule has 516 valence electrons. The number of hydrogen-bond acceptors (Lipinski definition) is 4. The van der Waals surface area contributed by atoms with E-state index in [1.807, 2.05) is 24.3 Å². The molecular formula is C103H68F2N2O2. The molecule has 4 nitrogen and oxygen atoms in total. The first-order valence-electron chi connectivity index (χ1n) is 37.8. The van der Waals surface area contributed by atoms with E-state index in [4.69, 9.17) is 9.47 Å². The Kier molecular flexibility index (Phi) is 14.0. The predicted molar refractivity (Wildman–Crippen MR) is 434 cm³/mol. The van der Waals surface area contributed by atoms with Gasteiger partial charge in [-0.1, -0.05) is 218 Å². The van der Waals surface area contributed by atoms with Crippen LogP contribution in [0.25, 0.3) is 44.5 Å². The topological polar surface area (TPSA) is 24.9 Å². The number of benzene rings is 16. The van der Waals surface area contributed by atoms with E-state index >= 15 is 8.78 Å². The summed E-state index contributed by atoms with van der Waals surface area (Å²) in [7, 11) is 0. The van der Waals surface area contributed by atoms with Gasteiger partial charge in [0.05, 0.1) is 16.2 Å². The lowest BCUT2D eigenvalue weighted by Crippen LogP contribution is -2.29. The van der Waals surface area contributed by atoms with Crippen LogP contribution in [0.15, 0.2) is 364 Å². The van der Waals surface area contributed by atoms with Crippen LogP contribution in [-0.4, -0.2) is 0 Å². The van der Waals surface area contributed by atoms with Crippen LogP contribution in [-0.2, 0) is 41.9 Å². The van der Waals surface area contributed by atoms with Crippen molar-refractivity contribution in [1.82, 2.24) is 0 Å². The first-order valence-corrected chi connectivity index (χ1v) is 37.8. The van der Waals surface area contributed by atoms with Gasteiger partial charge < -0.3 is 19.3 Å². The maximum Gasteiger partial charge on any atom is 0.127 e. The van der Waals surface area contributed by atoms with E-state index in [0.717, 1.165) is 150 Å². The molecule has 0 saturated heterocycles. The van der Waals surface area contributed by atoms with Crippen LogP contribution in [0, 0.1) is 11.6 Å². The third kappa shape index (κ3) is 9.34. The van der Waals surface area contributed by atoms with Crippen molar-refractivity contribution in [3.63, 3.8) is 0 Å². The van der Waals surface area contributed by atoms with Gasteiger partial charge in [0, 0.05) is 34.1 Å². The fraction of sp³-hybridized carbons (Fsp3) is 0.0680. The van der Waals surface area contributed by atoms with Crippen LogP contribution >= 0.6 is 0 Å². The smallest absolute Gasteiger partial charge is 0.127 e. The summed E-state index contributed by atoms with van der Waals surface area (Å²) in [6.07, 6.45) is 4.36. The number of halogens is 2. The first kappa shape index (κ1) is 62.9. The molecule has 6 aliphatic carbocycles. The summed E-state index contributed by atoms with van der Waals surface area (Å²) < 4.78 is 44.1. The summed E-state index contributed by atoms with van der Waals surface area (Å²) >= 11 is 0. The molecule has 6 aliphatic rings. The van der Waals surface area contributed by atoms with Crippen molar-refractivity contribution >= 4 is 34.1 Å². The predicted octanol–water partition coefficient (Wildman–Crippen LogP) is 25.8. The maximum absolute atomic E-state index is 15.4. The van der Waals surface area contributed by atoms with Gasteiger partial charge in [-0.3, -0.25) is 0 Å². The molecule has 2 atom stereocenters. The molecule has 0 amide bonds. The van der Waals surface area contributed by atoms with Crippen molar-refractivity contribution in [2.24, 2.45) is 0 Å². The Hall–Kier alpha value is -13.4. The average Bonchev–Trinajstić information content (AvgIpc) is 1.53. The fourth-order valence-electron chi connectivity index (χ4n) is 19.5. The van der Waals surface area contributed by atoms with Gasteiger partial charge in [-0.15, -0.1) is 0 Å². The molecule has 1 spiro atoms. The Labute approximate surface area is 632 Å². The third-order valence-corrected chi connectivity index (χ3v) is 24.5. The Bertz CT molecular complexity index is 6000. The van der Waals surface area contributed by atoms with E-state index in [0.29, 0.717) is 0 Å².